The van der Waals surface area contributed by atoms with Crippen LogP contribution in [0, 0.1) is 0 Å². The predicted molar refractivity (Wildman–Crippen MR) is 102 cm³/mol. The lowest BCUT2D eigenvalue weighted by molar-refractivity contribution is -0.0882. The monoisotopic (exact) mass is 385 g/mol. The van der Waals surface area contributed by atoms with Crippen LogP contribution in [-0.4, -0.2) is 12.1 Å². The summed E-state index contributed by atoms with van der Waals surface area (Å²) in [6.45, 7) is 7.43. The topological polar surface area (TPSA) is 29.1 Å². The summed E-state index contributed by atoms with van der Waals surface area (Å²) >= 11 is 1.52. The van der Waals surface area contributed by atoms with E-state index in [1.807, 2.05) is 13.8 Å². The average molecular weight is 385 g/mol. The molecule has 0 fully saturated rings. The predicted octanol–water partition coefficient (Wildman–Crippen LogP) is 6.35. The van der Waals surface area contributed by atoms with Gasteiger partial charge >= 0.3 is 6.18 Å². The highest BCUT2D eigenvalue weighted by molar-refractivity contribution is 7.10. The van der Waals surface area contributed by atoms with Crippen molar-refractivity contribution >= 4 is 17.2 Å². The normalized spacial score (nSPS) is 13.5. The van der Waals surface area contributed by atoms with E-state index in [0.29, 0.717) is 12.0 Å². The summed E-state index contributed by atoms with van der Waals surface area (Å²) in [6, 6.07) is 0. The minimum absolute atomic E-state index is 0.134. The fourth-order valence-electron chi connectivity index (χ4n) is 2.46. The van der Waals surface area contributed by atoms with Crippen molar-refractivity contribution in [3.8, 4) is 0 Å². The van der Waals surface area contributed by atoms with Crippen LogP contribution in [0.25, 0.3) is 0 Å². The smallest absolute Gasteiger partial charge is 0.322 e. The molecule has 0 saturated heterocycles. The molecule has 0 saturated carbocycles. The van der Waals surface area contributed by atoms with Crippen LogP contribution in [0.1, 0.15) is 61.3 Å². The minimum Gasteiger partial charge on any atom is -0.322 e. The standard InChI is InChI=1S/C20H26F3NOS/c1-5-9-11-14(20(21,22)23)12-15(7-3)24-19(25)17-13-26-18(8-4)16(17)10-6-2/h7,9,11-13H,5-6,8,10H2,1-4H3,(H,24,25)/b11-9+,14-12+,15-7+. The Morgan fingerprint density at radius 2 is 1.96 bits per heavy atom. The van der Waals surface area contributed by atoms with Crippen molar-refractivity contribution in [2.24, 2.45) is 0 Å². The van der Waals surface area contributed by atoms with Gasteiger partial charge in [0.25, 0.3) is 5.91 Å². The number of halogens is 3. The largest absolute Gasteiger partial charge is 0.416 e. The highest BCUT2D eigenvalue weighted by Gasteiger charge is 2.32. The number of aryl methyl sites for hydroxylation is 1. The van der Waals surface area contributed by atoms with Gasteiger partial charge in [0.2, 0.25) is 0 Å². The van der Waals surface area contributed by atoms with Crippen LogP contribution in [0.3, 0.4) is 0 Å². The van der Waals surface area contributed by atoms with Crippen LogP contribution >= 0.6 is 11.3 Å². The summed E-state index contributed by atoms with van der Waals surface area (Å²) < 4.78 is 39.5. The Bertz CT molecular complexity index is 696. The van der Waals surface area contributed by atoms with Gasteiger partial charge in [-0.2, -0.15) is 13.2 Å². The molecule has 0 aliphatic rings. The van der Waals surface area contributed by atoms with Crippen LogP contribution in [0.5, 0.6) is 0 Å². The van der Waals surface area contributed by atoms with Crippen molar-refractivity contribution in [3.63, 3.8) is 0 Å². The lowest BCUT2D eigenvalue weighted by atomic mass is 10.0. The Balaban J connectivity index is 3.11. The molecule has 144 valence electrons. The van der Waals surface area contributed by atoms with E-state index in [-0.39, 0.29) is 11.6 Å². The maximum Gasteiger partial charge on any atom is 0.416 e. The minimum atomic E-state index is -4.48. The Hall–Kier alpha value is -1.82. The summed E-state index contributed by atoms with van der Waals surface area (Å²) in [5, 5.41) is 4.41. The number of rotatable bonds is 8. The zero-order valence-corrected chi connectivity index (χ0v) is 16.5. The van der Waals surface area contributed by atoms with E-state index in [1.54, 1.807) is 19.2 Å². The van der Waals surface area contributed by atoms with Crippen molar-refractivity contribution in [2.75, 3.05) is 0 Å². The number of hydrogen-bond acceptors (Lipinski definition) is 2. The molecule has 1 aromatic heterocycles. The van der Waals surface area contributed by atoms with Gasteiger partial charge in [-0.25, -0.2) is 0 Å². The molecule has 1 aromatic rings. The van der Waals surface area contributed by atoms with E-state index in [4.69, 9.17) is 0 Å². The van der Waals surface area contributed by atoms with Gasteiger partial charge in [-0.1, -0.05) is 45.4 Å². The van der Waals surface area contributed by atoms with Gasteiger partial charge in [-0.05, 0) is 37.8 Å². The second-order valence-corrected chi connectivity index (χ2v) is 6.73. The third-order valence-corrected chi connectivity index (χ3v) is 4.96. The number of nitrogens with one attached hydrogen (secondary N) is 1. The molecule has 1 heterocycles. The van der Waals surface area contributed by atoms with E-state index in [0.717, 1.165) is 41.9 Å². The van der Waals surface area contributed by atoms with Crippen LogP contribution < -0.4 is 5.32 Å². The molecule has 0 aromatic carbocycles. The summed E-state index contributed by atoms with van der Waals surface area (Å²) in [4.78, 5) is 13.8. The van der Waals surface area contributed by atoms with Crippen molar-refractivity contribution in [1.29, 1.82) is 0 Å². The maximum atomic E-state index is 13.2. The molecule has 2 nitrogen and oxygen atoms in total. The molecular weight excluding hydrogens is 359 g/mol. The van der Waals surface area contributed by atoms with Gasteiger partial charge in [0.05, 0.1) is 11.1 Å². The van der Waals surface area contributed by atoms with E-state index in [1.165, 1.54) is 23.5 Å². The molecular formula is C20H26F3NOS. The summed E-state index contributed by atoms with van der Waals surface area (Å²) in [5.74, 6) is -0.366. The SMILES string of the molecule is C\C=C(/C=C(\C=C\CC)C(F)(F)F)NC(=O)c1csc(CC)c1CCC. The number of carbonyl (C=O) groups excluding carboxylic acids is 1. The number of carbonyl (C=O) groups is 1. The molecule has 26 heavy (non-hydrogen) atoms. The summed E-state index contributed by atoms with van der Waals surface area (Å²) in [6.07, 6.45) is 3.47. The van der Waals surface area contributed by atoms with Crippen LogP contribution in [0.4, 0.5) is 13.2 Å². The molecule has 0 radical (unpaired) electrons. The highest BCUT2D eigenvalue weighted by atomic mass is 32.1. The van der Waals surface area contributed by atoms with Crippen LogP contribution in [-0.2, 0) is 12.8 Å². The first-order valence-electron chi connectivity index (χ1n) is 8.80. The lowest BCUT2D eigenvalue weighted by Gasteiger charge is -2.11. The maximum absolute atomic E-state index is 13.2. The molecule has 0 atom stereocenters. The van der Waals surface area contributed by atoms with Gasteiger partial charge in [0, 0.05) is 16.0 Å². The van der Waals surface area contributed by atoms with Crippen molar-refractivity contribution in [1.82, 2.24) is 5.32 Å². The Morgan fingerprint density at radius 1 is 1.27 bits per heavy atom. The fraction of sp³-hybridized carbons (Fsp3) is 0.450. The molecule has 6 heteroatoms. The first-order chi connectivity index (χ1) is 12.3. The summed E-state index contributed by atoms with van der Waals surface area (Å²) in [7, 11) is 0. The lowest BCUT2D eigenvalue weighted by Crippen LogP contribution is -2.23. The first kappa shape index (κ1) is 22.2. The van der Waals surface area contributed by atoms with Gasteiger partial charge < -0.3 is 5.32 Å². The number of thiophene rings is 1. The van der Waals surface area contributed by atoms with Crippen molar-refractivity contribution in [2.45, 2.75) is 59.6 Å². The zero-order valence-electron chi connectivity index (χ0n) is 15.7. The van der Waals surface area contributed by atoms with Crippen molar-refractivity contribution < 1.29 is 18.0 Å². The fourth-order valence-corrected chi connectivity index (χ4v) is 3.49. The van der Waals surface area contributed by atoms with E-state index < -0.39 is 11.7 Å². The molecule has 0 bridgehead atoms. The van der Waals surface area contributed by atoms with Crippen LogP contribution in [0.15, 0.2) is 41.0 Å². The van der Waals surface area contributed by atoms with Gasteiger partial charge in [-0.3, -0.25) is 4.79 Å². The zero-order chi connectivity index (χ0) is 19.7. The number of hydrogen-bond donors (Lipinski definition) is 1. The molecule has 1 rings (SSSR count). The quantitative estimate of drug-likeness (QED) is 0.519. The molecule has 0 aliphatic carbocycles. The van der Waals surface area contributed by atoms with Gasteiger partial charge in [-0.15, -0.1) is 11.3 Å². The van der Waals surface area contributed by atoms with E-state index >= 15 is 0 Å². The van der Waals surface area contributed by atoms with Crippen LogP contribution in [0.2, 0.25) is 0 Å². The second kappa shape index (κ2) is 10.4. The second-order valence-electron chi connectivity index (χ2n) is 5.76. The first-order valence-corrected chi connectivity index (χ1v) is 9.68. The van der Waals surface area contributed by atoms with Crippen molar-refractivity contribution in [3.05, 3.63) is 57.0 Å². The Labute approximate surface area is 157 Å². The molecule has 0 spiro atoms. The van der Waals surface area contributed by atoms with E-state index in [2.05, 4.69) is 5.32 Å². The third-order valence-electron chi connectivity index (χ3n) is 3.79. The third kappa shape index (κ3) is 6.16. The van der Waals surface area contributed by atoms with E-state index in [9.17, 15) is 18.0 Å². The van der Waals surface area contributed by atoms with Gasteiger partial charge in [0.1, 0.15) is 0 Å². The average Bonchev–Trinajstić information content (AvgIpc) is 2.99. The molecule has 0 unspecified atom stereocenters. The highest BCUT2D eigenvalue weighted by Crippen LogP contribution is 2.28. The summed E-state index contributed by atoms with van der Waals surface area (Å²) in [5.41, 5.74) is 0.897. The molecule has 0 aliphatic heterocycles. The number of allylic oxidation sites excluding steroid dienone is 5. The molecule has 1 amide bonds. The number of amides is 1. The Morgan fingerprint density at radius 3 is 2.46 bits per heavy atom. The van der Waals surface area contributed by atoms with Gasteiger partial charge in [0.15, 0.2) is 0 Å². The Kier molecular flexibility index (Phi) is 8.85. The number of alkyl halides is 3. The molecule has 1 N–H and O–H groups in total.